The van der Waals surface area contributed by atoms with Gasteiger partial charge in [-0.3, -0.25) is 4.79 Å². The minimum atomic E-state index is -0.254. The molecule has 0 saturated carbocycles. The molecule has 1 saturated heterocycles. The molecule has 3 N–H and O–H groups in total. The van der Waals surface area contributed by atoms with E-state index < -0.39 is 0 Å². The molecule has 1 aliphatic heterocycles. The molecular formula is C11H22N2O2. The topological polar surface area (TPSA) is 64.3 Å². The van der Waals surface area contributed by atoms with E-state index in [9.17, 15) is 4.79 Å². The zero-order valence-corrected chi connectivity index (χ0v) is 9.82. The first-order valence-electron chi connectivity index (χ1n) is 5.70. The molecule has 0 aromatic carbocycles. The molecule has 1 aliphatic rings. The van der Waals surface area contributed by atoms with Crippen molar-refractivity contribution in [3.8, 4) is 0 Å². The van der Waals surface area contributed by atoms with Crippen LogP contribution in [0.5, 0.6) is 0 Å². The SMILES string of the molecule is CC(N)CC(C)NC(=O)C1CCC(C)O1. The lowest BCUT2D eigenvalue weighted by molar-refractivity contribution is -0.132. The maximum absolute atomic E-state index is 11.7. The molecule has 4 heteroatoms. The van der Waals surface area contributed by atoms with Crippen molar-refractivity contribution in [3.63, 3.8) is 0 Å². The molecule has 1 rings (SSSR count). The molecule has 4 atom stereocenters. The smallest absolute Gasteiger partial charge is 0.249 e. The molecule has 0 aromatic rings. The van der Waals surface area contributed by atoms with E-state index >= 15 is 0 Å². The molecule has 1 amide bonds. The van der Waals surface area contributed by atoms with E-state index in [0.29, 0.717) is 0 Å². The Balaban J connectivity index is 2.29. The van der Waals surface area contributed by atoms with Gasteiger partial charge < -0.3 is 15.8 Å². The van der Waals surface area contributed by atoms with E-state index in [4.69, 9.17) is 10.5 Å². The summed E-state index contributed by atoms with van der Waals surface area (Å²) in [6.07, 6.45) is 2.56. The van der Waals surface area contributed by atoms with E-state index in [-0.39, 0.29) is 30.2 Å². The number of nitrogens with one attached hydrogen (secondary N) is 1. The molecule has 0 aliphatic carbocycles. The fraction of sp³-hybridized carbons (Fsp3) is 0.909. The lowest BCUT2D eigenvalue weighted by atomic mass is 10.1. The number of carbonyl (C=O) groups is 1. The predicted molar refractivity (Wildman–Crippen MR) is 59.4 cm³/mol. The Morgan fingerprint density at radius 2 is 2.20 bits per heavy atom. The predicted octanol–water partition coefficient (Wildman–Crippen LogP) is 0.796. The molecule has 4 unspecified atom stereocenters. The normalized spacial score (nSPS) is 29.9. The molecule has 0 spiro atoms. The van der Waals surface area contributed by atoms with E-state index in [1.54, 1.807) is 0 Å². The number of rotatable bonds is 4. The molecule has 1 fully saturated rings. The lowest BCUT2D eigenvalue weighted by Crippen LogP contribution is -2.42. The van der Waals surface area contributed by atoms with Gasteiger partial charge in [-0.2, -0.15) is 0 Å². The van der Waals surface area contributed by atoms with Crippen LogP contribution in [0.15, 0.2) is 0 Å². The van der Waals surface area contributed by atoms with Crippen molar-refractivity contribution in [1.82, 2.24) is 5.32 Å². The van der Waals surface area contributed by atoms with Crippen molar-refractivity contribution < 1.29 is 9.53 Å². The summed E-state index contributed by atoms with van der Waals surface area (Å²) in [4.78, 5) is 11.7. The van der Waals surface area contributed by atoms with Crippen LogP contribution in [-0.4, -0.2) is 30.2 Å². The van der Waals surface area contributed by atoms with Gasteiger partial charge in [-0.15, -0.1) is 0 Å². The minimum absolute atomic E-state index is 0.00694. The van der Waals surface area contributed by atoms with E-state index in [2.05, 4.69) is 5.32 Å². The number of ether oxygens (including phenoxy) is 1. The molecule has 0 aromatic heterocycles. The van der Waals surface area contributed by atoms with E-state index in [1.165, 1.54) is 0 Å². The minimum Gasteiger partial charge on any atom is -0.365 e. The Kier molecular flexibility index (Phi) is 4.54. The Morgan fingerprint density at radius 1 is 1.53 bits per heavy atom. The van der Waals surface area contributed by atoms with Gasteiger partial charge in [0.1, 0.15) is 6.10 Å². The molecule has 1 heterocycles. The van der Waals surface area contributed by atoms with E-state index in [0.717, 1.165) is 19.3 Å². The van der Waals surface area contributed by atoms with Gasteiger partial charge >= 0.3 is 0 Å². The van der Waals surface area contributed by atoms with Crippen molar-refractivity contribution in [2.75, 3.05) is 0 Å². The average molecular weight is 214 g/mol. The maximum atomic E-state index is 11.7. The summed E-state index contributed by atoms with van der Waals surface area (Å²) >= 11 is 0. The molecule has 0 radical (unpaired) electrons. The fourth-order valence-electron chi connectivity index (χ4n) is 1.95. The zero-order valence-electron chi connectivity index (χ0n) is 9.82. The van der Waals surface area contributed by atoms with Gasteiger partial charge in [-0.1, -0.05) is 0 Å². The van der Waals surface area contributed by atoms with E-state index in [1.807, 2.05) is 20.8 Å². The molecule has 88 valence electrons. The Hall–Kier alpha value is -0.610. The average Bonchev–Trinajstić information content (AvgIpc) is 2.49. The number of carbonyl (C=O) groups excluding carboxylic acids is 1. The Labute approximate surface area is 91.5 Å². The zero-order chi connectivity index (χ0) is 11.4. The van der Waals surface area contributed by atoms with Gasteiger partial charge in [-0.05, 0) is 40.0 Å². The number of hydrogen-bond donors (Lipinski definition) is 2. The van der Waals surface area contributed by atoms with Crippen LogP contribution in [0.2, 0.25) is 0 Å². The van der Waals surface area contributed by atoms with Crippen LogP contribution < -0.4 is 11.1 Å². The van der Waals surface area contributed by atoms with Crippen LogP contribution in [-0.2, 0) is 9.53 Å². The standard InChI is InChI=1S/C11H22N2O2/c1-7(12)6-8(2)13-11(14)10-5-4-9(3)15-10/h7-10H,4-6,12H2,1-3H3,(H,13,14). The first-order chi connectivity index (χ1) is 6.99. The third-order valence-corrected chi connectivity index (χ3v) is 2.64. The van der Waals surface area contributed by atoms with Gasteiger partial charge in [0.25, 0.3) is 0 Å². The summed E-state index contributed by atoms with van der Waals surface area (Å²) in [7, 11) is 0. The summed E-state index contributed by atoms with van der Waals surface area (Å²) in [6, 6.07) is 0.237. The second-order valence-corrected chi connectivity index (χ2v) is 4.64. The van der Waals surface area contributed by atoms with Crippen molar-refractivity contribution in [2.24, 2.45) is 5.73 Å². The molecule has 0 bridgehead atoms. The number of amides is 1. The number of nitrogens with two attached hydrogens (primary N) is 1. The second kappa shape index (κ2) is 5.47. The summed E-state index contributed by atoms with van der Waals surface area (Å²) in [6.45, 7) is 5.91. The lowest BCUT2D eigenvalue weighted by Gasteiger charge is -2.18. The van der Waals surface area contributed by atoms with Crippen molar-refractivity contribution in [3.05, 3.63) is 0 Å². The molecular weight excluding hydrogens is 192 g/mol. The Morgan fingerprint density at radius 3 is 2.67 bits per heavy atom. The first-order valence-corrected chi connectivity index (χ1v) is 5.70. The summed E-state index contributed by atoms with van der Waals surface area (Å²) in [5, 5.41) is 2.93. The highest BCUT2D eigenvalue weighted by Crippen LogP contribution is 2.19. The van der Waals surface area contributed by atoms with Crippen LogP contribution in [0.25, 0.3) is 0 Å². The highest BCUT2D eigenvalue weighted by atomic mass is 16.5. The second-order valence-electron chi connectivity index (χ2n) is 4.64. The van der Waals surface area contributed by atoms with Crippen LogP contribution in [0, 0.1) is 0 Å². The monoisotopic (exact) mass is 214 g/mol. The maximum Gasteiger partial charge on any atom is 0.249 e. The van der Waals surface area contributed by atoms with Crippen molar-refractivity contribution >= 4 is 5.91 Å². The quantitative estimate of drug-likeness (QED) is 0.727. The molecule has 15 heavy (non-hydrogen) atoms. The van der Waals surface area contributed by atoms with Gasteiger partial charge in [-0.25, -0.2) is 0 Å². The summed E-state index contributed by atoms with van der Waals surface area (Å²) in [5.74, 6) is 0.00694. The molecule has 4 nitrogen and oxygen atoms in total. The highest BCUT2D eigenvalue weighted by molar-refractivity contribution is 5.81. The van der Waals surface area contributed by atoms with Crippen LogP contribution in [0.4, 0.5) is 0 Å². The fourth-order valence-corrected chi connectivity index (χ4v) is 1.95. The van der Waals surface area contributed by atoms with Crippen LogP contribution in [0.3, 0.4) is 0 Å². The Bertz CT molecular complexity index is 219. The largest absolute Gasteiger partial charge is 0.365 e. The van der Waals surface area contributed by atoms with Crippen LogP contribution in [0.1, 0.15) is 40.0 Å². The van der Waals surface area contributed by atoms with Crippen molar-refractivity contribution in [1.29, 1.82) is 0 Å². The number of hydrogen-bond acceptors (Lipinski definition) is 3. The first kappa shape index (κ1) is 12.5. The van der Waals surface area contributed by atoms with Crippen LogP contribution >= 0.6 is 0 Å². The van der Waals surface area contributed by atoms with Gasteiger partial charge in [0, 0.05) is 12.1 Å². The third kappa shape index (κ3) is 4.18. The third-order valence-electron chi connectivity index (χ3n) is 2.64. The summed E-state index contributed by atoms with van der Waals surface area (Å²) in [5.41, 5.74) is 5.66. The van der Waals surface area contributed by atoms with Gasteiger partial charge in [0.15, 0.2) is 0 Å². The van der Waals surface area contributed by atoms with Gasteiger partial charge in [0.05, 0.1) is 6.10 Å². The highest BCUT2D eigenvalue weighted by Gasteiger charge is 2.28. The summed E-state index contributed by atoms with van der Waals surface area (Å²) < 4.78 is 5.49. The van der Waals surface area contributed by atoms with Gasteiger partial charge in [0.2, 0.25) is 5.91 Å². The van der Waals surface area contributed by atoms with Crippen molar-refractivity contribution in [2.45, 2.75) is 64.3 Å².